The highest BCUT2D eigenvalue weighted by Crippen LogP contribution is 2.12. The van der Waals surface area contributed by atoms with Crippen LogP contribution in [0.15, 0.2) is 0 Å². The van der Waals surface area contributed by atoms with Crippen LogP contribution in [0.2, 0.25) is 0 Å². The Morgan fingerprint density at radius 1 is 1.50 bits per heavy atom. The van der Waals surface area contributed by atoms with Gasteiger partial charge in [0.2, 0.25) is 0 Å². The summed E-state index contributed by atoms with van der Waals surface area (Å²) < 4.78 is 14.9. The van der Waals surface area contributed by atoms with Crippen LogP contribution in [0.1, 0.15) is 20.8 Å². The smallest absolute Gasteiger partial charge is 0.338 e. The first-order valence-electron chi connectivity index (χ1n) is 3.91. The van der Waals surface area contributed by atoms with Gasteiger partial charge in [-0.3, -0.25) is 0 Å². The van der Waals surface area contributed by atoms with E-state index in [1.807, 2.05) is 20.8 Å². The minimum Gasteiger partial charge on any atom is -0.458 e. The van der Waals surface area contributed by atoms with Gasteiger partial charge in [-0.1, -0.05) is 0 Å². The number of rotatable bonds is 1. The molecule has 1 heterocycles. The summed E-state index contributed by atoms with van der Waals surface area (Å²) in [6.07, 6.45) is -0.538. The number of carbonyl (C=O) groups excluding carboxylic acids is 1. The van der Waals surface area contributed by atoms with Crippen molar-refractivity contribution in [2.45, 2.75) is 32.5 Å². The summed E-state index contributed by atoms with van der Waals surface area (Å²) in [7, 11) is 0. The zero-order valence-electron chi connectivity index (χ0n) is 7.62. The third kappa shape index (κ3) is 2.79. The summed E-state index contributed by atoms with van der Waals surface area (Å²) in [5, 5.41) is 0. The summed E-state index contributed by atoms with van der Waals surface area (Å²) in [6, 6.07) is 0. The molecule has 1 fully saturated rings. The fourth-order valence-electron chi connectivity index (χ4n) is 0.837. The summed E-state index contributed by atoms with van der Waals surface area (Å²) >= 11 is 0. The molecule has 4 nitrogen and oxygen atoms in total. The molecule has 4 heteroatoms. The van der Waals surface area contributed by atoms with Gasteiger partial charge in [0.05, 0.1) is 6.61 Å². The van der Waals surface area contributed by atoms with E-state index in [1.54, 1.807) is 0 Å². The fraction of sp³-hybridized carbons (Fsp3) is 0.875. The molecule has 0 amide bonds. The largest absolute Gasteiger partial charge is 0.458 e. The van der Waals surface area contributed by atoms with E-state index in [2.05, 4.69) is 0 Å². The Kier molecular flexibility index (Phi) is 2.69. The van der Waals surface area contributed by atoms with Crippen LogP contribution in [0.3, 0.4) is 0 Å². The van der Waals surface area contributed by atoms with Crippen LogP contribution in [-0.4, -0.2) is 31.1 Å². The molecule has 1 saturated heterocycles. The minimum absolute atomic E-state index is 0.184. The van der Waals surface area contributed by atoms with Crippen molar-refractivity contribution in [2.75, 3.05) is 13.4 Å². The zero-order chi connectivity index (χ0) is 9.19. The normalized spacial score (nSPS) is 24.1. The van der Waals surface area contributed by atoms with Crippen molar-refractivity contribution in [2.24, 2.45) is 0 Å². The Hall–Kier alpha value is -0.610. The topological polar surface area (TPSA) is 44.8 Å². The highest BCUT2D eigenvalue weighted by Gasteiger charge is 2.29. The molecule has 1 atom stereocenters. The van der Waals surface area contributed by atoms with Gasteiger partial charge < -0.3 is 14.2 Å². The van der Waals surface area contributed by atoms with Crippen LogP contribution in [0.25, 0.3) is 0 Å². The number of ether oxygens (including phenoxy) is 3. The third-order valence-electron chi connectivity index (χ3n) is 1.29. The molecule has 1 aliphatic rings. The van der Waals surface area contributed by atoms with Gasteiger partial charge in [0.15, 0.2) is 6.10 Å². The van der Waals surface area contributed by atoms with Gasteiger partial charge in [-0.05, 0) is 20.8 Å². The second kappa shape index (κ2) is 3.41. The summed E-state index contributed by atoms with van der Waals surface area (Å²) in [5.74, 6) is -0.347. The molecular formula is C8H14O4. The maximum atomic E-state index is 11.2. The standard InChI is InChI=1S/C8H14O4/c1-8(2,3)12-7(9)6-4-10-5-11-6/h6H,4-5H2,1-3H3. The van der Waals surface area contributed by atoms with E-state index < -0.39 is 11.7 Å². The Labute approximate surface area is 71.8 Å². The molecule has 0 aromatic heterocycles. The maximum Gasteiger partial charge on any atom is 0.338 e. The highest BCUT2D eigenvalue weighted by atomic mass is 16.7. The Balaban J connectivity index is 2.37. The van der Waals surface area contributed by atoms with Crippen molar-refractivity contribution in [1.82, 2.24) is 0 Å². The lowest BCUT2D eigenvalue weighted by molar-refractivity contribution is -0.165. The summed E-state index contributed by atoms with van der Waals surface area (Å²) in [4.78, 5) is 11.2. The van der Waals surface area contributed by atoms with Crippen LogP contribution >= 0.6 is 0 Å². The predicted octanol–water partition coefficient (Wildman–Crippen LogP) is 0.701. The van der Waals surface area contributed by atoms with Gasteiger partial charge in [0.25, 0.3) is 0 Å². The molecule has 1 unspecified atom stereocenters. The van der Waals surface area contributed by atoms with Crippen molar-refractivity contribution in [1.29, 1.82) is 0 Å². The van der Waals surface area contributed by atoms with E-state index in [-0.39, 0.29) is 12.8 Å². The molecule has 0 bridgehead atoms. The van der Waals surface area contributed by atoms with Crippen LogP contribution in [0.5, 0.6) is 0 Å². The first-order valence-corrected chi connectivity index (χ1v) is 3.91. The summed E-state index contributed by atoms with van der Waals surface area (Å²) in [5.41, 5.74) is -0.455. The van der Waals surface area contributed by atoms with E-state index in [0.29, 0.717) is 6.61 Å². The average Bonchev–Trinajstić information content (AvgIpc) is 2.32. The Bertz CT molecular complexity index is 164. The van der Waals surface area contributed by atoms with Crippen molar-refractivity contribution in [3.8, 4) is 0 Å². The maximum absolute atomic E-state index is 11.2. The van der Waals surface area contributed by atoms with E-state index >= 15 is 0 Å². The van der Waals surface area contributed by atoms with Gasteiger partial charge in [0.1, 0.15) is 12.4 Å². The molecule has 1 aliphatic heterocycles. The first-order chi connectivity index (χ1) is 5.49. The van der Waals surface area contributed by atoms with E-state index in [4.69, 9.17) is 14.2 Å². The van der Waals surface area contributed by atoms with E-state index in [1.165, 1.54) is 0 Å². The molecular weight excluding hydrogens is 160 g/mol. The first kappa shape index (κ1) is 9.48. The molecule has 1 rings (SSSR count). The zero-order valence-corrected chi connectivity index (χ0v) is 7.62. The number of hydrogen-bond donors (Lipinski definition) is 0. The lowest BCUT2D eigenvalue weighted by atomic mass is 10.2. The van der Waals surface area contributed by atoms with E-state index in [0.717, 1.165) is 0 Å². The number of esters is 1. The second-order valence-electron chi connectivity index (χ2n) is 3.68. The second-order valence-corrected chi connectivity index (χ2v) is 3.68. The SMILES string of the molecule is CC(C)(C)OC(=O)C1COCO1. The highest BCUT2D eigenvalue weighted by molar-refractivity contribution is 5.75. The molecule has 0 aromatic carbocycles. The van der Waals surface area contributed by atoms with Gasteiger partial charge in [0, 0.05) is 0 Å². The lowest BCUT2D eigenvalue weighted by Gasteiger charge is -2.20. The third-order valence-corrected chi connectivity index (χ3v) is 1.29. The molecule has 0 N–H and O–H groups in total. The van der Waals surface area contributed by atoms with Gasteiger partial charge in [-0.2, -0.15) is 0 Å². The molecule has 0 aliphatic carbocycles. The molecule has 12 heavy (non-hydrogen) atoms. The Morgan fingerprint density at radius 2 is 2.17 bits per heavy atom. The fourth-order valence-corrected chi connectivity index (χ4v) is 0.837. The van der Waals surface area contributed by atoms with Crippen LogP contribution in [0.4, 0.5) is 0 Å². The minimum atomic E-state index is -0.538. The quantitative estimate of drug-likeness (QED) is 0.549. The molecule has 0 saturated carbocycles. The summed E-state index contributed by atoms with van der Waals surface area (Å²) in [6.45, 7) is 5.95. The Morgan fingerprint density at radius 3 is 2.58 bits per heavy atom. The predicted molar refractivity (Wildman–Crippen MR) is 41.5 cm³/mol. The van der Waals surface area contributed by atoms with Gasteiger partial charge in [-0.15, -0.1) is 0 Å². The number of hydrogen-bond acceptors (Lipinski definition) is 4. The van der Waals surface area contributed by atoms with Gasteiger partial charge >= 0.3 is 5.97 Å². The van der Waals surface area contributed by atoms with Crippen LogP contribution in [-0.2, 0) is 19.0 Å². The number of carbonyl (C=O) groups is 1. The monoisotopic (exact) mass is 174 g/mol. The van der Waals surface area contributed by atoms with Crippen molar-refractivity contribution in [3.63, 3.8) is 0 Å². The molecule has 70 valence electrons. The van der Waals surface area contributed by atoms with Gasteiger partial charge in [-0.25, -0.2) is 4.79 Å². The lowest BCUT2D eigenvalue weighted by Crippen LogP contribution is -2.32. The molecule has 0 spiro atoms. The van der Waals surface area contributed by atoms with Crippen molar-refractivity contribution in [3.05, 3.63) is 0 Å². The van der Waals surface area contributed by atoms with Crippen LogP contribution in [0, 0.1) is 0 Å². The molecule has 0 aromatic rings. The van der Waals surface area contributed by atoms with Crippen molar-refractivity contribution < 1.29 is 19.0 Å². The molecule has 0 radical (unpaired) electrons. The van der Waals surface area contributed by atoms with E-state index in [9.17, 15) is 4.79 Å². The average molecular weight is 174 g/mol. The van der Waals surface area contributed by atoms with Crippen molar-refractivity contribution >= 4 is 5.97 Å². The van der Waals surface area contributed by atoms with Crippen LogP contribution < -0.4 is 0 Å².